The van der Waals surface area contributed by atoms with E-state index in [-0.39, 0.29) is 0 Å². The molecule has 0 unspecified atom stereocenters. The molecule has 4 N–H and O–H groups in total. The summed E-state index contributed by atoms with van der Waals surface area (Å²) in [6.07, 6.45) is 1.68. The summed E-state index contributed by atoms with van der Waals surface area (Å²) < 4.78 is 0.841. The Balaban J connectivity index is 2.46. The summed E-state index contributed by atoms with van der Waals surface area (Å²) in [5, 5.41) is 0.734. The zero-order valence-electron chi connectivity index (χ0n) is 9.26. The molecule has 0 fully saturated rings. The van der Waals surface area contributed by atoms with Crippen LogP contribution in [0.2, 0.25) is 0 Å². The fourth-order valence-corrected chi connectivity index (χ4v) is 2.84. The first kappa shape index (κ1) is 12.9. The Morgan fingerprint density at radius 2 is 2.06 bits per heavy atom. The molecule has 0 aliphatic heterocycles. The lowest BCUT2D eigenvalue weighted by Gasteiger charge is -2.09. The second-order valence-corrected chi connectivity index (χ2v) is 5.33. The highest BCUT2D eigenvalue weighted by Crippen LogP contribution is 2.36. The van der Waals surface area contributed by atoms with Crippen molar-refractivity contribution in [2.45, 2.75) is 9.92 Å². The number of carbonyl (C=O) groups is 1. The van der Waals surface area contributed by atoms with Crippen LogP contribution in [-0.2, 0) is 0 Å². The molecule has 0 aliphatic rings. The van der Waals surface area contributed by atoms with Crippen molar-refractivity contribution in [1.29, 1.82) is 0 Å². The van der Waals surface area contributed by atoms with E-state index in [4.69, 9.17) is 11.5 Å². The number of benzene rings is 1. The van der Waals surface area contributed by atoms with Crippen LogP contribution in [0.25, 0.3) is 0 Å². The van der Waals surface area contributed by atoms with Gasteiger partial charge in [0.25, 0.3) is 0 Å². The van der Waals surface area contributed by atoms with Gasteiger partial charge in [-0.25, -0.2) is 4.98 Å². The van der Waals surface area contributed by atoms with E-state index in [1.165, 1.54) is 11.8 Å². The van der Waals surface area contributed by atoms with Crippen molar-refractivity contribution in [3.63, 3.8) is 0 Å². The molecule has 1 aromatic carbocycles. The predicted octanol–water partition coefficient (Wildman–Crippen LogP) is 2.68. The lowest BCUT2D eigenvalue weighted by Crippen LogP contribution is -2.13. The molecule has 1 amide bonds. The Kier molecular flexibility index (Phi) is 3.88. The van der Waals surface area contributed by atoms with Gasteiger partial charge in [-0.1, -0.05) is 17.8 Å². The maximum absolute atomic E-state index is 11.4. The monoisotopic (exact) mass is 323 g/mol. The number of pyridine rings is 1. The summed E-state index contributed by atoms with van der Waals surface area (Å²) in [5.74, 6) is -0.503. The van der Waals surface area contributed by atoms with Gasteiger partial charge in [0.2, 0.25) is 5.91 Å². The highest BCUT2D eigenvalue weighted by Gasteiger charge is 2.14. The molecule has 0 bridgehead atoms. The van der Waals surface area contributed by atoms with Crippen LogP contribution in [0.15, 0.2) is 50.9 Å². The highest BCUT2D eigenvalue weighted by atomic mass is 79.9. The molecular weight excluding hydrogens is 314 g/mol. The van der Waals surface area contributed by atoms with E-state index < -0.39 is 5.91 Å². The molecule has 2 rings (SSSR count). The first-order chi connectivity index (χ1) is 8.59. The number of nitrogen functional groups attached to an aromatic ring is 1. The largest absolute Gasteiger partial charge is 0.398 e. The predicted molar refractivity (Wildman–Crippen MR) is 75.4 cm³/mol. The van der Waals surface area contributed by atoms with Crippen LogP contribution in [0.1, 0.15) is 10.4 Å². The summed E-state index contributed by atoms with van der Waals surface area (Å²) in [6.45, 7) is 0. The van der Waals surface area contributed by atoms with Crippen molar-refractivity contribution >= 4 is 39.3 Å². The highest BCUT2D eigenvalue weighted by molar-refractivity contribution is 9.10. The molecule has 1 aromatic heterocycles. The number of rotatable bonds is 3. The molecular formula is C12H10BrN3OS. The van der Waals surface area contributed by atoms with Crippen LogP contribution < -0.4 is 11.5 Å². The second kappa shape index (κ2) is 5.41. The van der Waals surface area contributed by atoms with E-state index in [1.54, 1.807) is 24.4 Å². The zero-order valence-corrected chi connectivity index (χ0v) is 11.7. The van der Waals surface area contributed by atoms with Crippen LogP contribution in [0.5, 0.6) is 0 Å². The second-order valence-electron chi connectivity index (χ2n) is 3.48. The van der Waals surface area contributed by atoms with Gasteiger partial charge >= 0.3 is 0 Å². The molecule has 4 nitrogen and oxygen atoms in total. The topological polar surface area (TPSA) is 82.0 Å². The minimum Gasteiger partial charge on any atom is -0.398 e. The van der Waals surface area contributed by atoms with E-state index in [9.17, 15) is 4.79 Å². The van der Waals surface area contributed by atoms with E-state index >= 15 is 0 Å². The van der Waals surface area contributed by atoms with Crippen molar-refractivity contribution in [2.24, 2.45) is 5.73 Å². The van der Waals surface area contributed by atoms with E-state index in [1.807, 2.05) is 12.1 Å². The van der Waals surface area contributed by atoms with Gasteiger partial charge < -0.3 is 11.5 Å². The average molecular weight is 324 g/mol. The third-order valence-electron chi connectivity index (χ3n) is 2.23. The van der Waals surface area contributed by atoms with Crippen LogP contribution in [0.3, 0.4) is 0 Å². The van der Waals surface area contributed by atoms with Crippen molar-refractivity contribution in [2.75, 3.05) is 5.73 Å². The maximum atomic E-state index is 11.4. The molecule has 0 saturated carbocycles. The molecule has 0 radical (unpaired) electrons. The molecule has 0 spiro atoms. The number of hydrogen-bond donors (Lipinski definition) is 2. The van der Waals surface area contributed by atoms with Crippen LogP contribution in [-0.4, -0.2) is 10.9 Å². The lowest BCUT2D eigenvalue weighted by molar-refractivity contribution is 0.0997. The fraction of sp³-hybridized carbons (Fsp3) is 0. The number of nitrogens with zero attached hydrogens (tertiary/aromatic N) is 1. The SMILES string of the molecule is NC(=O)c1cccc(N)c1Sc1ncccc1Br. The standard InChI is InChI=1S/C12H10BrN3OS/c13-8-4-2-6-16-12(8)18-10-7(11(15)17)3-1-5-9(10)14/h1-6H,14H2,(H2,15,17). The third kappa shape index (κ3) is 2.65. The number of primary amides is 1. The van der Waals surface area contributed by atoms with E-state index in [0.29, 0.717) is 16.1 Å². The van der Waals surface area contributed by atoms with Gasteiger partial charge in [-0.05, 0) is 40.2 Å². The molecule has 1 heterocycles. The van der Waals surface area contributed by atoms with Gasteiger partial charge in [0.05, 0.1) is 10.0 Å². The van der Waals surface area contributed by atoms with Crippen molar-refractivity contribution < 1.29 is 4.79 Å². The molecule has 6 heteroatoms. The summed E-state index contributed by atoms with van der Waals surface area (Å²) >= 11 is 4.71. The Morgan fingerprint density at radius 1 is 1.28 bits per heavy atom. The fourth-order valence-electron chi connectivity index (χ4n) is 1.41. The molecule has 0 atom stereocenters. The number of aromatic nitrogens is 1. The number of amides is 1. The smallest absolute Gasteiger partial charge is 0.249 e. The number of anilines is 1. The summed E-state index contributed by atoms with van der Waals surface area (Å²) in [6, 6.07) is 8.77. The number of nitrogens with two attached hydrogens (primary N) is 2. The van der Waals surface area contributed by atoms with E-state index in [0.717, 1.165) is 9.50 Å². The minimum atomic E-state index is -0.503. The van der Waals surface area contributed by atoms with Gasteiger partial charge in [0.1, 0.15) is 5.03 Å². The number of halogens is 1. The van der Waals surface area contributed by atoms with Crippen molar-refractivity contribution in [3.8, 4) is 0 Å². The molecule has 0 aliphatic carbocycles. The number of hydrogen-bond acceptors (Lipinski definition) is 4. The number of carbonyl (C=O) groups excluding carboxylic acids is 1. The Bertz CT molecular complexity index is 604. The van der Waals surface area contributed by atoms with Crippen LogP contribution in [0, 0.1) is 0 Å². The lowest BCUT2D eigenvalue weighted by atomic mass is 10.2. The summed E-state index contributed by atoms with van der Waals surface area (Å²) in [7, 11) is 0. The maximum Gasteiger partial charge on any atom is 0.249 e. The third-order valence-corrected chi connectivity index (χ3v) is 4.32. The summed E-state index contributed by atoms with van der Waals surface area (Å²) in [5.41, 5.74) is 12.1. The molecule has 18 heavy (non-hydrogen) atoms. The molecule has 2 aromatic rings. The van der Waals surface area contributed by atoms with Crippen molar-refractivity contribution in [1.82, 2.24) is 4.98 Å². The zero-order chi connectivity index (χ0) is 13.1. The molecule has 92 valence electrons. The van der Waals surface area contributed by atoms with Gasteiger partial charge in [-0.2, -0.15) is 0 Å². The Hall–Kier alpha value is -1.53. The minimum absolute atomic E-state index is 0.401. The normalized spacial score (nSPS) is 10.3. The van der Waals surface area contributed by atoms with Gasteiger partial charge in [-0.15, -0.1) is 0 Å². The van der Waals surface area contributed by atoms with Gasteiger partial charge in [0.15, 0.2) is 0 Å². The summed E-state index contributed by atoms with van der Waals surface area (Å²) in [4.78, 5) is 16.2. The van der Waals surface area contributed by atoms with Gasteiger partial charge in [0, 0.05) is 16.8 Å². The Labute approximate surface area is 117 Å². The van der Waals surface area contributed by atoms with E-state index in [2.05, 4.69) is 20.9 Å². The quantitative estimate of drug-likeness (QED) is 0.851. The Morgan fingerprint density at radius 3 is 2.72 bits per heavy atom. The van der Waals surface area contributed by atoms with Crippen LogP contribution >= 0.6 is 27.7 Å². The van der Waals surface area contributed by atoms with Gasteiger partial charge in [-0.3, -0.25) is 4.79 Å². The van der Waals surface area contributed by atoms with Crippen LogP contribution in [0.4, 0.5) is 5.69 Å². The first-order valence-corrected chi connectivity index (χ1v) is 6.67. The average Bonchev–Trinajstić information content (AvgIpc) is 2.34. The van der Waals surface area contributed by atoms with Crippen molar-refractivity contribution in [3.05, 3.63) is 46.6 Å². The molecule has 0 saturated heterocycles. The first-order valence-electron chi connectivity index (χ1n) is 5.06.